The Hall–Kier alpha value is -1.60. The maximum atomic E-state index is 12.8. The van der Waals surface area contributed by atoms with Crippen LogP contribution in [0.1, 0.15) is 31.9 Å². The first-order valence-electron chi connectivity index (χ1n) is 7.80. The van der Waals surface area contributed by atoms with Crippen LogP contribution in [-0.2, 0) is 16.6 Å². The molecular weight excluding hydrogens is 321 g/mol. The Balaban J connectivity index is 2.67. The van der Waals surface area contributed by atoms with Crippen molar-refractivity contribution in [3.8, 4) is 0 Å². The molecule has 0 fully saturated rings. The number of nitrogens with zero attached hydrogens (tertiary/aromatic N) is 1. The van der Waals surface area contributed by atoms with E-state index in [1.807, 2.05) is 0 Å². The largest absolute Gasteiger partial charge is 0.416 e. The standard InChI is InChI=1S/C17H25F3N2O2/c1-12(2)15(23)21-8-9-22(4)11-16(3,24)13-6-5-7-14(10-13)17(18,19)20/h5-7,10,12,24H,8-9,11H2,1-4H3,(H,21,23). The summed E-state index contributed by atoms with van der Waals surface area (Å²) in [5.41, 5.74) is -2.01. The number of halogens is 3. The fraction of sp³-hybridized carbons (Fsp3) is 0.588. The molecule has 136 valence electrons. The third-order valence-corrected chi connectivity index (χ3v) is 3.71. The Kier molecular flexibility index (Phi) is 6.80. The van der Waals surface area contributed by atoms with Crippen LogP contribution < -0.4 is 5.32 Å². The van der Waals surface area contributed by atoms with E-state index in [4.69, 9.17) is 0 Å². The Labute approximate surface area is 140 Å². The lowest BCUT2D eigenvalue weighted by Crippen LogP contribution is -2.41. The molecule has 1 aromatic rings. The summed E-state index contributed by atoms with van der Waals surface area (Å²) in [6, 6.07) is 4.71. The van der Waals surface area contributed by atoms with Gasteiger partial charge in [-0.25, -0.2) is 0 Å². The number of carbonyl (C=O) groups is 1. The Bertz CT molecular complexity index is 557. The van der Waals surface area contributed by atoms with Crippen LogP contribution in [0.5, 0.6) is 0 Å². The van der Waals surface area contributed by atoms with E-state index in [0.717, 1.165) is 12.1 Å². The van der Waals surface area contributed by atoms with Crippen molar-refractivity contribution in [2.75, 3.05) is 26.7 Å². The van der Waals surface area contributed by atoms with Gasteiger partial charge in [0.15, 0.2) is 0 Å². The van der Waals surface area contributed by atoms with Crippen molar-refractivity contribution in [1.29, 1.82) is 0 Å². The average molecular weight is 346 g/mol. The molecule has 0 aliphatic carbocycles. The number of hydrogen-bond acceptors (Lipinski definition) is 3. The Morgan fingerprint density at radius 1 is 1.29 bits per heavy atom. The zero-order valence-corrected chi connectivity index (χ0v) is 14.4. The van der Waals surface area contributed by atoms with Gasteiger partial charge in [-0.05, 0) is 31.7 Å². The van der Waals surface area contributed by atoms with Gasteiger partial charge >= 0.3 is 6.18 Å². The van der Waals surface area contributed by atoms with Gasteiger partial charge in [0.2, 0.25) is 5.91 Å². The number of amides is 1. The van der Waals surface area contributed by atoms with Crippen molar-refractivity contribution in [2.24, 2.45) is 5.92 Å². The van der Waals surface area contributed by atoms with Gasteiger partial charge < -0.3 is 15.3 Å². The van der Waals surface area contributed by atoms with Crippen LogP contribution in [0.25, 0.3) is 0 Å². The molecule has 4 nitrogen and oxygen atoms in total. The molecule has 0 bridgehead atoms. The number of nitrogens with one attached hydrogen (secondary N) is 1. The maximum Gasteiger partial charge on any atom is 0.416 e. The molecule has 0 aliphatic heterocycles. The minimum atomic E-state index is -4.45. The van der Waals surface area contributed by atoms with Gasteiger partial charge in [-0.2, -0.15) is 13.2 Å². The van der Waals surface area contributed by atoms with E-state index in [9.17, 15) is 23.1 Å². The number of hydrogen-bond donors (Lipinski definition) is 2. The molecule has 0 saturated carbocycles. The van der Waals surface area contributed by atoms with Crippen LogP contribution in [0.3, 0.4) is 0 Å². The van der Waals surface area contributed by atoms with Crippen molar-refractivity contribution < 1.29 is 23.1 Å². The lowest BCUT2D eigenvalue weighted by molar-refractivity contribution is -0.137. The zero-order chi connectivity index (χ0) is 18.5. The molecule has 1 unspecified atom stereocenters. The summed E-state index contributed by atoms with van der Waals surface area (Å²) >= 11 is 0. The lowest BCUT2D eigenvalue weighted by Gasteiger charge is -2.30. The Morgan fingerprint density at radius 2 is 1.88 bits per heavy atom. The molecule has 0 radical (unpaired) electrons. The monoisotopic (exact) mass is 346 g/mol. The summed E-state index contributed by atoms with van der Waals surface area (Å²) in [5, 5.41) is 13.3. The highest BCUT2D eigenvalue weighted by Gasteiger charge is 2.33. The summed E-state index contributed by atoms with van der Waals surface area (Å²) in [4.78, 5) is 13.2. The number of benzene rings is 1. The van der Waals surface area contributed by atoms with E-state index in [2.05, 4.69) is 5.32 Å². The van der Waals surface area contributed by atoms with E-state index in [0.29, 0.717) is 13.1 Å². The highest BCUT2D eigenvalue weighted by atomic mass is 19.4. The van der Waals surface area contributed by atoms with Crippen molar-refractivity contribution >= 4 is 5.91 Å². The quantitative estimate of drug-likeness (QED) is 0.798. The number of alkyl halides is 3. The van der Waals surface area contributed by atoms with Gasteiger partial charge in [-0.15, -0.1) is 0 Å². The Morgan fingerprint density at radius 3 is 2.42 bits per heavy atom. The maximum absolute atomic E-state index is 12.8. The lowest BCUT2D eigenvalue weighted by atomic mass is 9.93. The molecular formula is C17H25F3N2O2. The second-order valence-corrected chi connectivity index (χ2v) is 6.54. The SMILES string of the molecule is CC(C)C(=O)NCCN(C)CC(C)(O)c1cccc(C(F)(F)F)c1. The molecule has 0 heterocycles. The third-order valence-electron chi connectivity index (χ3n) is 3.71. The molecule has 1 atom stereocenters. The summed E-state index contributed by atoms with van der Waals surface area (Å²) in [6.07, 6.45) is -4.45. The predicted octanol–water partition coefficient (Wildman–Crippen LogP) is 2.62. The molecule has 0 aromatic heterocycles. The summed E-state index contributed by atoms with van der Waals surface area (Å²) in [7, 11) is 1.74. The van der Waals surface area contributed by atoms with Crippen LogP contribution in [0.15, 0.2) is 24.3 Å². The fourth-order valence-electron chi connectivity index (χ4n) is 2.30. The molecule has 0 aliphatic rings. The van der Waals surface area contributed by atoms with Crippen LogP contribution in [0, 0.1) is 5.92 Å². The van der Waals surface area contributed by atoms with E-state index < -0.39 is 17.3 Å². The smallest absolute Gasteiger partial charge is 0.384 e. The molecule has 1 rings (SSSR count). The number of likely N-dealkylation sites (N-methyl/N-ethyl adjacent to an activating group) is 1. The minimum Gasteiger partial charge on any atom is -0.384 e. The number of rotatable bonds is 7. The fourth-order valence-corrected chi connectivity index (χ4v) is 2.30. The van der Waals surface area contributed by atoms with Gasteiger partial charge in [0, 0.05) is 25.6 Å². The predicted molar refractivity (Wildman–Crippen MR) is 86.4 cm³/mol. The molecule has 7 heteroatoms. The van der Waals surface area contributed by atoms with Crippen LogP contribution in [-0.4, -0.2) is 42.6 Å². The van der Waals surface area contributed by atoms with E-state index in [1.54, 1.807) is 25.8 Å². The topological polar surface area (TPSA) is 52.6 Å². The summed E-state index contributed by atoms with van der Waals surface area (Å²) < 4.78 is 38.4. The van der Waals surface area contributed by atoms with Crippen molar-refractivity contribution in [1.82, 2.24) is 10.2 Å². The van der Waals surface area contributed by atoms with Crippen molar-refractivity contribution in [3.05, 3.63) is 35.4 Å². The number of aliphatic hydroxyl groups is 1. The third kappa shape index (κ3) is 6.13. The summed E-state index contributed by atoms with van der Waals surface area (Å²) in [5.74, 6) is -0.170. The minimum absolute atomic E-state index is 0.0620. The molecule has 0 spiro atoms. The second kappa shape index (κ2) is 7.98. The first kappa shape index (κ1) is 20.4. The van der Waals surface area contributed by atoms with Crippen LogP contribution in [0.2, 0.25) is 0 Å². The van der Waals surface area contributed by atoms with Gasteiger partial charge in [0.05, 0.1) is 11.2 Å². The first-order valence-corrected chi connectivity index (χ1v) is 7.80. The molecule has 0 saturated heterocycles. The first-order chi connectivity index (χ1) is 10.9. The molecule has 2 N–H and O–H groups in total. The molecule has 1 amide bonds. The van der Waals surface area contributed by atoms with Crippen LogP contribution in [0.4, 0.5) is 13.2 Å². The zero-order valence-electron chi connectivity index (χ0n) is 14.4. The molecule has 24 heavy (non-hydrogen) atoms. The number of carbonyl (C=O) groups excluding carboxylic acids is 1. The normalized spacial score (nSPS) is 14.8. The van der Waals surface area contributed by atoms with E-state index >= 15 is 0 Å². The summed E-state index contributed by atoms with van der Waals surface area (Å²) in [6.45, 7) is 6.09. The highest BCUT2D eigenvalue weighted by Crippen LogP contribution is 2.32. The van der Waals surface area contributed by atoms with Gasteiger partial charge in [0.25, 0.3) is 0 Å². The van der Waals surface area contributed by atoms with E-state index in [-0.39, 0.29) is 23.9 Å². The van der Waals surface area contributed by atoms with Crippen molar-refractivity contribution in [3.63, 3.8) is 0 Å². The molecule has 1 aromatic carbocycles. The van der Waals surface area contributed by atoms with Crippen LogP contribution >= 0.6 is 0 Å². The van der Waals surface area contributed by atoms with Gasteiger partial charge in [-0.3, -0.25) is 4.79 Å². The van der Waals surface area contributed by atoms with Gasteiger partial charge in [0.1, 0.15) is 0 Å². The van der Waals surface area contributed by atoms with E-state index in [1.165, 1.54) is 19.1 Å². The van der Waals surface area contributed by atoms with Gasteiger partial charge in [-0.1, -0.05) is 26.0 Å². The van der Waals surface area contributed by atoms with Crippen molar-refractivity contribution in [2.45, 2.75) is 32.5 Å². The highest BCUT2D eigenvalue weighted by molar-refractivity contribution is 5.77. The average Bonchev–Trinajstić information content (AvgIpc) is 2.45. The second-order valence-electron chi connectivity index (χ2n) is 6.54.